The van der Waals surface area contributed by atoms with E-state index in [-0.39, 0.29) is 24.2 Å². The van der Waals surface area contributed by atoms with Gasteiger partial charge >= 0.3 is 0 Å². The third kappa shape index (κ3) is 4.69. The Morgan fingerprint density at radius 2 is 1.65 bits per heavy atom. The van der Waals surface area contributed by atoms with Crippen molar-refractivity contribution in [2.24, 2.45) is 0 Å². The first-order chi connectivity index (χ1) is 11.0. The molecule has 1 aromatic carbocycles. The summed E-state index contributed by atoms with van der Waals surface area (Å²) in [4.78, 5) is 31.3. The lowest BCUT2D eigenvalue weighted by atomic mass is 10.0. The number of para-hydroxylation sites is 1. The van der Waals surface area contributed by atoms with Crippen LogP contribution < -0.4 is 4.90 Å². The van der Waals surface area contributed by atoms with E-state index in [0.29, 0.717) is 6.54 Å². The summed E-state index contributed by atoms with van der Waals surface area (Å²) in [6.07, 6.45) is 1.54. The number of likely N-dealkylation sites (N-methyl/N-ethyl adjacent to an activating group) is 1. The summed E-state index contributed by atoms with van der Waals surface area (Å²) in [6.45, 7) is 6.19. The maximum atomic E-state index is 12.4. The Morgan fingerprint density at radius 1 is 1.09 bits per heavy atom. The second kappa shape index (κ2) is 9.53. The summed E-state index contributed by atoms with van der Waals surface area (Å²) in [7, 11) is 1.44. The van der Waals surface area contributed by atoms with Crippen LogP contribution in [0.4, 0.5) is 5.69 Å². The van der Waals surface area contributed by atoms with E-state index < -0.39 is 0 Å². The zero-order valence-corrected chi connectivity index (χ0v) is 15.0. The monoisotopic (exact) mass is 340 g/mol. The van der Waals surface area contributed by atoms with Crippen LogP contribution in [-0.4, -0.2) is 43.0 Å². The van der Waals surface area contributed by atoms with Gasteiger partial charge in [-0.15, -0.1) is 11.6 Å². The number of aryl methyl sites for hydroxylation is 2. The molecule has 0 spiro atoms. The average Bonchev–Trinajstić information content (AvgIpc) is 2.59. The second-order valence-corrected chi connectivity index (χ2v) is 5.28. The first-order valence-electron chi connectivity index (χ1n) is 7.85. The fraction of sp³-hybridized carbons (Fsp3) is 0.529. The van der Waals surface area contributed by atoms with Crippen LogP contribution in [0.3, 0.4) is 0 Å². The van der Waals surface area contributed by atoms with Crippen molar-refractivity contribution in [3.8, 4) is 0 Å². The van der Waals surface area contributed by atoms with Gasteiger partial charge in [-0.05, 0) is 30.9 Å². The van der Waals surface area contributed by atoms with Crippen LogP contribution in [0.1, 0.15) is 31.9 Å². The molecule has 0 radical (unpaired) electrons. The van der Waals surface area contributed by atoms with Gasteiger partial charge in [0.05, 0.1) is 12.8 Å². The number of amides is 2. The molecule has 0 N–H and O–H groups in total. The molecule has 0 aliphatic carbocycles. The van der Waals surface area contributed by atoms with E-state index in [0.717, 1.165) is 29.7 Å². The van der Waals surface area contributed by atoms with Gasteiger partial charge in [-0.1, -0.05) is 32.0 Å². The molecule has 0 heterocycles. The molecule has 0 fully saturated rings. The van der Waals surface area contributed by atoms with E-state index in [1.165, 1.54) is 17.1 Å². The fourth-order valence-corrected chi connectivity index (χ4v) is 2.69. The van der Waals surface area contributed by atoms with Gasteiger partial charge in [0, 0.05) is 6.54 Å². The SMILES string of the molecule is CCc1cccc(CC)c1N(CC(=O)N(CC)OC)C(=O)CCl. The third-order valence-electron chi connectivity index (χ3n) is 3.73. The molecule has 1 rings (SSSR count). The number of benzene rings is 1. The summed E-state index contributed by atoms with van der Waals surface area (Å²) in [5.74, 6) is -0.739. The van der Waals surface area contributed by atoms with Crippen LogP contribution in [0, 0.1) is 0 Å². The number of halogens is 1. The molecule has 5 nitrogen and oxygen atoms in total. The van der Waals surface area contributed by atoms with Crippen LogP contribution in [0.25, 0.3) is 0 Å². The number of hydrogen-bond donors (Lipinski definition) is 0. The van der Waals surface area contributed by atoms with E-state index in [9.17, 15) is 9.59 Å². The highest BCUT2D eigenvalue weighted by Gasteiger charge is 2.25. The predicted molar refractivity (Wildman–Crippen MR) is 92.7 cm³/mol. The lowest BCUT2D eigenvalue weighted by Crippen LogP contribution is -2.44. The molecule has 128 valence electrons. The Hall–Kier alpha value is -1.59. The van der Waals surface area contributed by atoms with Gasteiger partial charge in [0.2, 0.25) is 5.91 Å². The molecule has 23 heavy (non-hydrogen) atoms. The number of anilines is 1. The zero-order chi connectivity index (χ0) is 17.4. The molecule has 2 amide bonds. The highest BCUT2D eigenvalue weighted by molar-refractivity contribution is 6.29. The van der Waals surface area contributed by atoms with Crippen molar-refractivity contribution < 1.29 is 14.4 Å². The number of alkyl halides is 1. The Morgan fingerprint density at radius 3 is 2.04 bits per heavy atom. The number of hydrogen-bond acceptors (Lipinski definition) is 3. The number of rotatable bonds is 8. The van der Waals surface area contributed by atoms with Gasteiger partial charge < -0.3 is 4.90 Å². The van der Waals surface area contributed by atoms with Crippen molar-refractivity contribution in [2.75, 3.05) is 31.0 Å². The molecule has 0 saturated carbocycles. The lowest BCUT2D eigenvalue weighted by Gasteiger charge is -2.28. The van der Waals surface area contributed by atoms with Crippen molar-refractivity contribution in [2.45, 2.75) is 33.6 Å². The fourth-order valence-electron chi connectivity index (χ4n) is 2.55. The van der Waals surface area contributed by atoms with Crippen LogP contribution in [-0.2, 0) is 27.3 Å². The minimum absolute atomic E-state index is 0.0861. The molecule has 0 aliphatic heterocycles. The van der Waals surface area contributed by atoms with E-state index in [1.807, 2.05) is 39.0 Å². The molecule has 0 aromatic heterocycles. The van der Waals surface area contributed by atoms with Crippen molar-refractivity contribution >= 4 is 29.1 Å². The van der Waals surface area contributed by atoms with Crippen molar-refractivity contribution in [1.29, 1.82) is 0 Å². The Labute approximate surface area is 143 Å². The standard InChI is InChI=1S/C17H25ClN2O3/c1-5-13-9-8-10-14(6-2)17(13)19(15(21)11-18)12-16(22)20(7-3)23-4/h8-10H,5-7,11-12H2,1-4H3. The average molecular weight is 341 g/mol. The topological polar surface area (TPSA) is 49.9 Å². The van der Waals surface area contributed by atoms with Gasteiger partial charge in [-0.25, -0.2) is 5.06 Å². The molecule has 0 unspecified atom stereocenters. The third-order valence-corrected chi connectivity index (χ3v) is 3.96. The minimum Gasteiger partial charge on any atom is -0.301 e. The molecule has 0 bridgehead atoms. The smallest absolute Gasteiger partial charge is 0.266 e. The highest BCUT2D eigenvalue weighted by atomic mass is 35.5. The molecule has 0 saturated heterocycles. The maximum Gasteiger partial charge on any atom is 0.266 e. The molecular formula is C17H25ClN2O3. The molecule has 0 aliphatic rings. The summed E-state index contributed by atoms with van der Waals surface area (Å²) < 4.78 is 0. The van der Waals surface area contributed by atoms with E-state index in [2.05, 4.69) is 0 Å². The molecule has 0 atom stereocenters. The Balaban J connectivity index is 3.28. The van der Waals surface area contributed by atoms with Crippen LogP contribution in [0.15, 0.2) is 18.2 Å². The van der Waals surface area contributed by atoms with Crippen LogP contribution >= 0.6 is 11.6 Å². The number of hydroxylamine groups is 2. The molecule has 1 aromatic rings. The van der Waals surface area contributed by atoms with E-state index in [1.54, 1.807) is 0 Å². The Bertz CT molecular complexity index is 522. The summed E-state index contributed by atoms with van der Waals surface area (Å²) in [6, 6.07) is 5.92. The summed E-state index contributed by atoms with van der Waals surface area (Å²) in [5, 5.41) is 1.23. The lowest BCUT2D eigenvalue weighted by molar-refractivity contribution is -0.173. The zero-order valence-electron chi connectivity index (χ0n) is 14.3. The van der Waals surface area contributed by atoms with Gasteiger partial charge in [-0.3, -0.25) is 14.4 Å². The number of carbonyl (C=O) groups is 2. The predicted octanol–water partition coefficient (Wildman–Crippen LogP) is 2.79. The number of carbonyl (C=O) groups excluding carboxylic acids is 2. The van der Waals surface area contributed by atoms with Crippen LogP contribution in [0.2, 0.25) is 0 Å². The largest absolute Gasteiger partial charge is 0.301 e. The van der Waals surface area contributed by atoms with Gasteiger partial charge in [0.1, 0.15) is 12.4 Å². The quantitative estimate of drug-likeness (QED) is 0.540. The van der Waals surface area contributed by atoms with Crippen LogP contribution in [0.5, 0.6) is 0 Å². The first kappa shape index (κ1) is 19.5. The normalized spacial score (nSPS) is 10.5. The number of nitrogens with zero attached hydrogens (tertiary/aromatic N) is 2. The van der Waals surface area contributed by atoms with E-state index in [4.69, 9.17) is 16.4 Å². The Kier molecular flexibility index (Phi) is 8.06. The first-order valence-corrected chi connectivity index (χ1v) is 8.38. The highest BCUT2D eigenvalue weighted by Crippen LogP contribution is 2.27. The van der Waals surface area contributed by atoms with Gasteiger partial charge in [0.25, 0.3) is 5.91 Å². The van der Waals surface area contributed by atoms with Crippen molar-refractivity contribution in [1.82, 2.24) is 5.06 Å². The van der Waals surface area contributed by atoms with E-state index >= 15 is 0 Å². The van der Waals surface area contributed by atoms with Crippen molar-refractivity contribution in [3.63, 3.8) is 0 Å². The maximum absolute atomic E-state index is 12.4. The molecule has 6 heteroatoms. The second-order valence-electron chi connectivity index (χ2n) is 5.02. The van der Waals surface area contributed by atoms with Gasteiger partial charge in [0.15, 0.2) is 0 Å². The summed E-state index contributed by atoms with van der Waals surface area (Å²) in [5.41, 5.74) is 2.84. The van der Waals surface area contributed by atoms with Gasteiger partial charge in [-0.2, -0.15) is 0 Å². The molecular weight excluding hydrogens is 316 g/mol. The van der Waals surface area contributed by atoms with Crippen molar-refractivity contribution in [3.05, 3.63) is 29.3 Å². The minimum atomic E-state index is -0.289. The summed E-state index contributed by atoms with van der Waals surface area (Å²) >= 11 is 5.77.